The SMILES string of the molecule is Cc1noc(C)c1CSc1ccccc1C(=O)OCC(=O)Nc1ccc(N2CCCCC2)cc1. The Labute approximate surface area is 203 Å². The number of esters is 1. The van der Waals surface area contributed by atoms with E-state index in [0.29, 0.717) is 17.0 Å². The summed E-state index contributed by atoms with van der Waals surface area (Å²) in [6, 6.07) is 15.0. The second-order valence-electron chi connectivity index (χ2n) is 8.31. The zero-order valence-corrected chi connectivity index (χ0v) is 20.3. The zero-order chi connectivity index (χ0) is 23.9. The predicted octanol–water partition coefficient (Wildman–Crippen LogP) is 5.37. The van der Waals surface area contributed by atoms with Gasteiger partial charge >= 0.3 is 5.97 Å². The molecule has 0 radical (unpaired) electrons. The van der Waals surface area contributed by atoms with Gasteiger partial charge < -0.3 is 19.5 Å². The molecule has 1 amide bonds. The maximum absolute atomic E-state index is 12.7. The lowest BCUT2D eigenvalue weighted by molar-refractivity contribution is -0.119. The number of ether oxygens (including phenoxy) is 1. The summed E-state index contributed by atoms with van der Waals surface area (Å²) in [4.78, 5) is 28.2. The molecule has 0 atom stereocenters. The molecule has 2 heterocycles. The van der Waals surface area contributed by atoms with E-state index in [4.69, 9.17) is 9.26 Å². The van der Waals surface area contributed by atoms with Gasteiger partial charge in [0.2, 0.25) is 0 Å². The van der Waals surface area contributed by atoms with Gasteiger partial charge in [-0.15, -0.1) is 11.8 Å². The average Bonchev–Trinajstić information content (AvgIpc) is 3.19. The molecule has 1 aliphatic heterocycles. The molecule has 7 nitrogen and oxygen atoms in total. The van der Waals surface area contributed by atoms with E-state index in [1.54, 1.807) is 12.1 Å². The number of carbonyl (C=O) groups is 2. The Morgan fingerprint density at radius 1 is 1.06 bits per heavy atom. The molecule has 1 aliphatic rings. The van der Waals surface area contributed by atoms with Crippen LogP contribution in [0.2, 0.25) is 0 Å². The minimum absolute atomic E-state index is 0.352. The van der Waals surface area contributed by atoms with Crippen molar-refractivity contribution < 1.29 is 18.8 Å². The molecule has 34 heavy (non-hydrogen) atoms. The van der Waals surface area contributed by atoms with Crippen molar-refractivity contribution in [1.82, 2.24) is 5.16 Å². The van der Waals surface area contributed by atoms with Crippen LogP contribution in [0.1, 0.15) is 46.6 Å². The van der Waals surface area contributed by atoms with E-state index >= 15 is 0 Å². The van der Waals surface area contributed by atoms with Gasteiger partial charge in [-0.2, -0.15) is 0 Å². The van der Waals surface area contributed by atoms with Crippen LogP contribution < -0.4 is 10.2 Å². The van der Waals surface area contributed by atoms with Crippen molar-refractivity contribution in [3.63, 3.8) is 0 Å². The normalized spacial score (nSPS) is 13.5. The molecule has 0 bridgehead atoms. The summed E-state index contributed by atoms with van der Waals surface area (Å²) in [6.45, 7) is 5.55. The number of aromatic nitrogens is 1. The lowest BCUT2D eigenvalue weighted by Gasteiger charge is -2.28. The summed E-state index contributed by atoms with van der Waals surface area (Å²) in [5, 5.41) is 6.76. The van der Waals surface area contributed by atoms with Crippen molar-refractivity contribution in [2.45, 2.75) is 43.8 Å². The van der Waals surface area contributed by atoms with Gasteiger partial charge in [-0.05, 0) is 69.5 Å². The van der Waals surface area contributed by atoms with E-state index in [0.717, 1.165) is 40.7 Å². The maximum Gasteiger partial charge on any atom is 0.339 e. The molecule has 1 saturated heterocycles. The highest BCUT2D eigenvalue weighted by Crippen LogP contribution is 2.29. The van der Waals surface area contributed by atoms with Gasteiger partial charge in [0, 0.05) is 40.7 Å². The van der Waals surface area contributed by atoms with Crippen LogP contribution in [-0.4, -0.2) is 36.7 Å². The second kappa shape index (κ2) is 11.2. The predicted molar refractivity (Wildman–Crippen MR) is 133 cm³/mol. The first-order chi connectivity index (χ1) is 16.5. The smallest absolute Gasteiger partial charge is 0.339 e. The summed E-state index contributed by atoms with van der Waals surface area (Å²) in [7, 11) is 0. The first kappa shape index (κ1) is 23.9. The lowest BCUT2D eigenvalue weighted by atomic mass is 10.1. The molecule has 0 unspecified atom stereocenters. The first-order valence-corrected chi connectivity index (χ1v) is 12.5. The fraction of sp³-hybridized carbons (Fsp3) is 0.346. The number of piperidine rings is 1. The second-order valence-corrected chi connectivity index (χ2v) is 9.32. The molecule has 0 spiro atoms. The summed E-state index contributed by atoms with van der Waals surface area (Å²) >= 11 is 1.51. The van der Waals surface area contributed by atoms with Crippen LogP contribution in [0.3, 0.4) is 0 Å². The monoisotopic (exact) mass is 479 g/mol. The molecule has 8 heteroatoms. The third-order valence-electron chi connectivity index (χ3n) is 5.87. The Balaban J connectivity index is 1.30. The average molecular weight is 480 g/mol. The summed E-state index contributed by atoms with van der Waals surface area (Å²) < 4.78 is 10.5. The van der Waals surface area contributed by atoms with Gasteiger partial charge in [-0.3, -0.25) is 4.79 Å². The van der Waals surface area contributed by atoms with Crippen LogP contribution in [0.5, 0.6) is 0 Å². The van der Waals surface area contributed by atoms with Gasteiger partial charge in [0.05, 0.1) is 11.3 Å². The van der Waals surface area contributed by atoms with Crippen LogP contribution in [0, 0.1) is 13.8 Å². The van der Waals surface area contributed by atoms with Gasteiger partial charge in [0.1, 0.15) is 5.76 Å². The first-order valence-electron chi connectivity index (χ1n) is 11.5. The lowest BCUT2D eigenvalue weighted by Crippen LogP contribution is -2.29. The fourth-order valence-corrected chi connectivity index (χ4v) is 5.13. The Hall–Kier alpha value is -3.26. The highest BCUT2D eigenvalue weighted by atomic mass is 32.2. The van der Waals surface area contributed by atoms with Crippen LogP contribution in [0.15, 0.2) is 57.9 Å². The third-order valence-corrected chi connectivity index (χ3v) is 6.97. The Morgan fingerprint density at radius 3 is 2.50 bits per heavy atom. The number of hydrogen-bond donors (Lipinski definition) is 1. The van der Waals surface area contributed by atoms with E-state index in [1.165, 1.54) is 31.0 Å². The number of rotatable bonds is 8. The molecule has 0 saturated carbocycles. The molecule has 1 N–H and O–H groups in total. The summed E-state index contributed by atoms with van der Waals surface area (Å²) in [5.74, 6) is 0.488. The maximum atomic E-state index is 12.7. The van der Waals surface area contributed by atoms with E-state index in [-0.39, 0.29) is 12.5 Å². The van der Waals surface area contributed by atoms with Crippen molar-refractivity contribution in [3.05, 3.63) is 71.1 Å². The molecule has 1 fully saturated rings. The number of carbonyl (C=O) groups excluding carboxylic acids is 2. The standard InChI is InChI=1S/C26H29N3O4S/c1-18-23(19(2)33-28-18)17-34-24-9-5-4-8-22(24)26(31)32-16-25(30)27-20-10-12-21(13-11-20)29-14-6-3-7-15-29/h4-5,8-13H,3,6-7,14-17H2,1-2H3,(H,27,30). The molecule has 2 aromatic carbocycles. The largest absolute Gasteiger partial charge is 0.452 e. The minimum Gasteiger partial charge on any atom is -0.452 e. The molecular weight excluding hydrogens is 450 g/mol. The summed E-state index contributed by atoms with van der Waals surface area (Å²) in [5.41, 5.74) is 4.12. The van der Waals surface area contributed by atoms with Gasteiger partial charge in [0.25, 0.3) is 5.91 Å². The third kappa shape index (κ3) is 5.99. The molecule has 178 valence electrons. The van der Waals surface area contributed by atoms with Crippen molar-refractivity contribution in [3.8, 4) is 0 Å². The van der Waals surface area contributed by atoms with E-state index in [9.17, 15) is 9.59 Å². The number of benzene rings is 2. The van der Waals surface area contributed by atoms with E-state index < -0.39 is 5.97 Å². The van der Waals surface area contributed by atoms with Crippen LogP contribution >= 0.6 is 11.8 Å². The number of hydrogen-bond acceptors (Lipinski definition) is 7. The van der Waals surface area contributed by atoms with E-state index in [2.05, 4.69) is 15.4 Å². The molecular formula is C26H29N3O4S. The van der Waals surface area contributed by atoms with E-state index in [1.807, 2.05) is 50.2 Å². The Kier molecular flexibility index (Phi) is 7.90. The van der Waals surface area contributed by atoms with Gasteiger partial charge in [-0.25, -0.2) is 4.79 Å². The van der Waals surface area contributed by atoms with Crippen molar-refractivity contribution in [2.75, 3.05) is 29.9 Å². The van der Waals surface area contributed by atoms with Crippen molar-refractivity contribution in [1.29, 1.82) is 0 Å². The highest BCUT2D eigenvalue weighted by Gasteiger charge is 2.17. The Bertz CT molecular complexity index is 1120. The number of amides is 1. The van der Waals surface area contributed by atoms with Crippen molar-refractivity contribution in [2.24, 2.45) is 0 Å². The number of aryl methyl sites for hydroxylation is 2. The fourth-order valence-electron chi connectivity index (χ4n) is 3.93. The zero-order valence-electron chi connectivity index (χ0n) is 19.5. The van der Waals surface area contributed by atoms with Gasteiger partial charge in [-0.1, -0.05) is 17.3 Å². The minimum atomic E-state index is -0.530. The molecule has 0 aliphatic carbocycles. The number of anilines is 2. The molecule has 3 aromatic rings. The van der Waals surface area contributed by atoms with Crippen LogP contribution in [-0.2, 0) is 15.3 Å². The number of thioether (sulfide) groups is 1. The van der Waals surface area contributed by atoms with Crippen LogP contribution in [0.25, 0.3) is 0 Å². The number of nitrogens with one attached hydrogen (secondary N) is 1. The summed E-state index contributed by atoms with van der Waals surface area (Å²) in [6.07, 6.45) is 3.71. The quantitative estimate of drug-likeness (QED) is 0.343. The Morgan fingerprint density at radius 2 is 1.79 bits per heavy atom. The topological polar surface area (TPSA) is 84.7 Å². The van der Waals surface area contributed by atoms with Gasteiger partial charge in [0.15, 0.2) is 6.61 Å². The van der Waals surface area contributed by atoms with Crippen molar-refractivity contribution >= 4 is 35.0 Å². The molecule has 1 aromatic heterocycles. The molecule has 4 rings (SSSR count). The van der Waals surface area contributed by atoms with Crippen LogP contribution in [0.4, 0.5) is 11.4 Å². The number of nitrogens with zero attached hydrogens (tertiary/aromatic N) is 2. The highest BCUT2D eigenvalue weighted by molar-refractivity contribution is 7.98.